The van der Waals surface area contributed by atoms with Crippen LogP contribution in [0, 0.1) is 0 Å². The Hall–Kier alpha value is 1.53. The van der Waals surface area contributed by atoms with Crippen molar-refractivity contribution in [2.24, 2.45) is 0 Å². The molecule has 0 rings (SSSR count). The average Bonchev–Trinajstić information content (AvgIpc) is 0.918. The van der Waals surface area contributed by atoms with Crippen molar-refractivity contribution >= 4 is 55.0 Å². The zero-order valence-electron chi connectivity index (χ0n) is 2.78. The van der Waals surface area contributed by atoms with Crippen LogP contribution >= 0.6 is 0 Å². The Morgan fingerprint density at radius 2 is 1.00 bits per heavy atom. The molecule has 6 heavy (non-hydrogen) atoms. The Balaban J connectivity index is -0.00000000667. The summed E-state index contributed by atoms with van der Waals surface area (Å²) in [5, 5.41) is 0. The molecule has 0 aromatic carbocycles. The van der Waals surface area contributed by atoms with Crippen molar-refractivity contribution < 1.29 is 34.4 Å². The standard InChI is InChI=1S/CO2.Ba.2ClH/c2-1-3;;;/h;;2*1H/q;+2;;/p-2. The summed E-state index contributed by atoms with van der Waals surface area (Å²) < 4.78 is 0. The van der Waals surface area contributed by atoms with E-state index in [-0.39, 0.29) is 79.8 Å². The van der Waals surface area contributed by atoms with E-state index in [1.807, 2.05) is 0 Å². The number of carbonyl (C=O) groups excluding carboxylic acids is 2. The van der Waals surface area contributed by atoms with Crippen LogP contribution in [0.3, 0.4) is 0 Å². The molecule has 0 aromatic heterocycles. The van der Waals surface area contributed by atoms with Gasteiger partial charge in [0.05, 0.1) is 0 Å². The van der Waals surface area contributed by atoms with Crippen LogP contribution in [0.4, 0.5) is 0 Å². The summed E-state index contributed by atoms with van der Waals surface area (Å²) in [6.45, 7) is 0. The van der Waals surface area contributed by atoms with Gasteiger partial charge in [0.15, 0.2) is 0 Å². The van der Waals surface area contributed by atoms with Crippen molar-refractivity contribution in [2.75, 3.05) is 0 Å². The molecule has 5 heteroatoms. The molecule has 0 aliphatic carbocycles. The Morgan fingerprint density at radius 3 is 1.00 bits per heavy atom. The number of halogens is 2. The molecular weight excluding hydrogens is 252 g/mol. The fourth-order valence-electron chi connectivity index (χ4n) is 0. The van der Waals surface area contributed by atoms with Crippen molar-refractivity contribution in [2.45, 2.75) is 0 Å². The maximum Gasteiger partial charge on any atom is 2.00 e. The Morgan fingerprint density at radius 1 is 1.00 bits per heavy atom. The zero-order chi connectivity index (χ0) is 2.71. The van der Waals surface area contributed by atoms with Crippen LogP contribution in [0.5, 0.6) is 0 Å². The Bertz CT molecular complexity index is 32.5. The summed E-state index contributed by atoms with van der Waals surface area (Å²) >= 11 is 0. The first-order valence-corrected chi connectivity index (χ1v) is 0.408. The minimum absolute atomic E-state index is 0. The molecule has 0 unspecified atom stereocenters. The van der Waals surface area contributed by atoms with Gasteiger partial charge < -0.3 is 24.8 Å². The fourth-order valence-corrected chi connectivity index (χ4v) is 0. The molecule has 2 nitrogen and oxygen atoms in total. The molecule has 0 aromatic rings. The van der Waals surface area contributed by atoms with Gasteiger partial charge in [0, 0.05) is 0 Å². The molecule has 0 heterocycles. The van der Waals surface area contributed by atoms with Gasteiger partial charge in [-0.1, -0.05) is 0 Å². The quantitative estimate of drug-likeness (QED) is 0.402. The third kappa shape index (κ3) is 48.4. The first-order chi connectivity index (χ1) is 1.41. The van der Waals surface area contributed by atoms with Crippen molar-refractivity contribution in [1.82, 2.24) is 0 Å². The van der Waals surface area contributed by atoms with Gasteiger partial charge in [-0.2, -0.15) is 9.59 Å². The predicted molar refractivity (Wildman–Crippen MR) is 10.8 cm³/mol. The van der Waals surface area contributed by atoms with Crippen molar-refractivity contribution in [1.29, 1.82) is 0 Å². The van der Waals surface area contributed by atoms with E-state index in [2.05, 4.69) is 0 Å². The van der Waals surface area contributed by atoms with Crippen LogP contribution in [0.1, 0.15) is 0 Å². The Kier molecular flexibility index (Phi) is 134. The van der Waals surface area contributed by atoms with Crippen molar-refractivity contribution in [3.8, 4) is 0 Å². The molecule has 0 saturated carbocycles. The number of hydrogen-bond donors (Lipinski definition) is 0. The molecule has 0 saturated heterocycles. The molecule has 0 aliphatic rings. The third-order valence-corrected chi connectivity index (χ3v) is 0. The van der Waals surface area contributed by atoms with Crippen LogP contribution < -0.4 is 24.8 Å². The molecule has 0 spiro atoms. The van der Waals surface area contributed by atoms with Gasteiger partial charge in [0.25, 0.3) is 0 Å². The topological polar surface area (TPSA) is 34.1 Å². The van der Waals surface area contributed by atoms with E-state index in [9.17, 15) is 0 Å². The van der Waals surface area contributed by atoms with Gasteiger partial charge in [0.2, 0.25) is 0 Å². The van der Waals surface area contributed by atoms with E-state index in [0.29, 0.717) is 0 Å². The summed E-state index contributed by atoms with van der Waals surface area (Å²) in [4.78, 5) is 16.2. The van der Waals surface area contributed by atoms with E-state index in [1.165, 1.54) is 0 Å². The normalized spacial score (nSPS) is 1.33. The predicted octanol–water partition coefficient (Wildman–Crippen LogP) is -6.96. The van der Waals surface area contributed by atoms with E-state index < -0.39 is 0 Å². The summed E-state index contributed by atoms with van der Waals surface area (Å²) in [6, 6.07) is 0. The molecule has 32 valence electrons. The van der Waals surface area contributed by atoms with Crippen LogP contribution in [-0.2, 0) is 9.59 Å². The van der Waals surface area contributed by atoms with Crippen LogP contribution in [0.2, 0.25) is 0 Å². The van der Waals surface area contributed by atoms with Gasteiger partial charge >= 0.3 is 55.0 Å². The molecular formula is CBaCl2O2. The molecule has 0 atom stereocenters. The van der Waals surface area contributed by atoms with Gasteiger partial charge in [-0.15, -0.1) is 0 Å². The minimum atomic E-state index is 0. The second kappa shape index (κ2) is 31.2. The summed E-state index contributed by atoms with van der Waals surface area (Å²) in [5.41, 5.74) is 0. The smallest absolute Gasteiger partial charge is 1.00 e. The van der Waals surface area contributed by atoms with Crippen molar-refractivity contribution in [3.63, 3.8) is 0 Å². The molecule has 0 bridgehead atoms. The largest absolute Gasteiger partial charge is 2.00 e. The summed E-state index contributed by atoms with van der Waals surface area (Å²) in [7, 11) is 0. The first-order valence-electron chi connectivity index (χ1n) is 0.408. The van der Waals surface area contributed by atoms with Crippen LogP contribution in [0.15, 0.2) is 0 Å². The van der Waals surface area contributed by atoms with E-state index in [0.717, 1.165) is 0 Å². The van der Waals surface area contributed by atoms with Crippen LogP contribution in [-0.4, -0.2) is 55.0 Å². The van der Waals surface area contributed by atoms with Gasteiger partial charge in [0.1, 0.15) is 0 Å². The van der Waals surface area contributed by atoms with E-state index in [1.54, 1.807) is 0 Å². The van der Waals surface area contributed by atoms with Gasteiger partial charge in [-0.05, 0) is 0 Å². The monoisotopic (exact) mass is 252 g/mol. The molecule has 0 N–H and O–H groups in total. The molecule has 0 radical (unpaired) electrons. The second-order valence-corrected chi connectivity index (χ2v) is 0.0833. The average molecular weight is 252 g/mol. The van der Waals surface area contributed by atoms with Crippen LogP contribution in [0.25, 0.3) is 0 Å². The number of hydrogen-bond acceptors (Lipinski definition) is 2. The summed E-state index contributed by atoms with van der Waals surface area (Å²) in [5.74, 6) is 0. The second-order valence-electron chi connectivity index (χ2n) is 0.0833. The molecule has 0 aliphatic heterocycles. The maximum atomic E-state index is 8.12. The van der Waals surface area contributed by atoms with E-state index >= 15 is 0 Å². The molecule has 0 fully saturated rings. The van der Waals surface area contributed by atoms with Gasteiger partial charge in [-0.25, -0.2) is 0 Å². The molecule has 0 amide bonds. The van der Waals surface area contributed by atoms with Gasteiger partial charge in [-0.3, -0.25) is 0 Å². The zero-order valence-corrected chi connectivity index (χ0v) is 8.73. The maximum absolute atomic E-state index is 8.12. The van der Waals surface area contributed by atoms with E-state index in [4.69, 9.17) is 9.59 Å². The summed E-state index contributed by atoms with van der Waals surface area (Å²) in [6.07, 6.45) is 0.250. The number of rotatable bonds is 0. The fraction of sp³-hybridized carbons (Fsp3) is 0. The first kappa shape index (κ1) is 25.8. The SMILES string of the molecule is O=C=O.[Ba+2].[Cl-].[Cl-]. The van der Waals surface area contributed by atoms with Crippen molar-refractivity contribution in [3.05, 3.63) is 0 Å². The third-order valence-electron chi connectivity index (χ3n) is 0. The minimum Gasteiger partial charge on any atom is -1.00 e. The Labute approximate surface area is 87.9 Å².